The van der Waals surface area contributed by atoms with E-state index in [2.05, 4.69) is 14.8 Å². The van der Waals surface area contributed by atoms with Crippen LogP contribution >= 0.6 is 0 Å². The van der Waals surface area contributed by atoms with Crippen molar-refractivity contribution in [2.24, 2.45) is 7.05 Å². The zero-order valence-corrected chi connectivity index (χ0v) is 11.8. The molecule has 0 aliphatic heterocycles. The van der Waals surface area contributed by atoms with Gasteiger partial charge in [0.05, 0.1) is 17.8 Å². The van der Waals surface area contributed by atoms with Crippen molar-refractivity contribution in [1.82, 2.24) is 19.5 Å². The number of nitrogens with zero attached hydrogens (tertiary/aromatic N) is 3. The number of nitrogens with one attached hydrogen (secondary N) is 1. The summed E-state index contributed by atoms with van der Waals surface area (Å²) in [6.45, 7) is -0.0940. The lowest BCUT2D eigenvalue weighted by Gasteiger charge is -2.08. The number of hydrogen-bond donors (Lipinski definition) is 3. The Morgan fingerprint density at radius 1 is 1.48 bits per heavy atom. The number of benzene rings is 1. The summed E-state index contributed by atoms with van der Waals surface area (Å²) < 4.78 is 28.0. The van der Waals surface area contributed by atoms with Crippen LogP contribution in [0.15, 0.2) is 29.4 Å². The fourth-order valence-electron chi connectivity index (χ4n) is 1.63. The highest BCUT2D eigenvalue weighted by Crippen LogP contribution is 2.19. The molecule has 1 heterocycles. The van der Waals surface area contributed by atoms with Gasteiger partial charge in [0.1, 0.15) is 11.2 Å². The van der Waals surface area contributed by atoms with E-state index in [-0.39, 0.29) is 22.7 Å². The highest BCUT2D eigenvalue weighted by Gasteiger charge is 2.19. The number of nitrogens with two attached hydrogens (primary N) is 1. The van der Waals surface area contributed by atoms with Crippen LogP contribution in [-0.4, -0.2) is 34.3 Å². The molecule has 21 heavy (non-hydrogen) atoms. The number of aromatic carboxylic acids is 1. The summed E-state index contributed by atoms with van der Waals surface area (Å²) in [4.78, 5) is 14.5. The predicted molar refractivity (Wildman–Crippen MR) is 72.8 cm³/mol. The molecule has 0 fully saturated rings. The summed E-state index contributed by atoms with van der Waals surface area (Å²) in [6.07, 6.45) is 1.44. The fourth-order valence-corrected chi connectivity index (χ4v) is 2.72. The lowest BCUT2D eigenvalue weighted by atomic mass is 10.2. The number of nitrogen functional groups attached to an aromatic ring is 1. The van der Waals surface area contributed by atoms with Gasteiger partial charge in [-0.15, -0.1) is 0 Å². The molecule has 0 amide bonds. The van der Waals surface area contributed by atoms with E-state index in [4.69, 9.17) is 10.8 Å². The van der Waals surface area contributed by atoms with E-state index in [0.29, 0.717) is 5.82 Å². The number of carboxylic acid groups (broad SMARTS) is 1. The molecule has 0 saturated carbocycles. The van der Waals surface area contributed by atoms with Gasteiger partial charge in [-0.3, -0.25) is 4.68 Å². The van der Waals surface area contributed by atoms with Gasteiger partial charge in [0, 0.05) is 7.05 Å². The van der Waals surface area contributed by atoms with Crippen LogP contribution < -0.4 is 10.5 Å². The molecule has 9 nitrogen and oxygen atoms in total. The monoisotopic (exact) mass is 311 g/mol. The highest BCUT2D eigenvalue weighted by molar-refractivity contribution is 7.89. The third-order valence-electron chi connectivity index (χ3n) is 2.61. The Balaban J connectivity index is 2.21. The number of sulfonamides is 1. The van der Waals surface area contributed by atoms with Gasteiger partial charge in [-0.1, -0.05) is 0 Å². The maximum absolute atomic E-state index is 12.1. The van der Waals surface area contributed by atoms with Crippen LogP contribution in [0.4, 0.5) is 5.69 Å². The van der Waals surface area contributed by atoms with Crippen molar-refractivity contribution >= 4 is 21.7 Å². The summed E-state index contributed by atoms with van der Waals surface area (Å²) >= 11 is 0. The van der Waals surface area contributed by atoms with E-state index in [1.54, 1.807) is 7.05 Å². The molecule has 0 aliphatic rings. The van der Waals surface area contributed by atoms with Crippen LogP contribution in [-0.2, 0) is 23.6 Å². The van der Waals surface area contributed by atoms with Crippen molar-refractivity contribution in [3.8, 4) is 0 Å². The second-order valence-electron chi connectivity index (χ2n) is 4.22. The van der Waals surface area contributed by atoms with E-state index in [1.807, 2.05) is 0 Å². The van der Waals surface area contributed by atoms with Crippen LogP contribution in [0.5, 0.6) is 0 Å². The van der Waals surface area contributed by atoms with Gasteiger partial charge in [-0.05, 0) is 18.2 Å². The van der Waals surface area contributed by atoms with Gasteiger partial charge in [-0.2, -0.15) is 5.10 Å². The minimum absolute atomic E-state index is 0.0853. The molecule has 0 spiro atoms. The van der Waals surface area contributed by atoms with Crippen molar-refractivity contribution < 1.29 is 18.3 Å². The maximum atomic E-state index is 12.1. The predicted octanol–water partition coefficient (Wildman–Crippen LogP) is -0.426. The van der Waals surface area contributed by atoms with Gasteiger partial charge in [0.15, 0.2) is 5.82 Å². The zero-order chi connectivity index (χ0) is 15.6. The lowest BCUT2D eigenvalue weighted by molar-refractivity contribution is 0.0697. The molecule has 2 rings (SSSR count). The first-order valence-electron chi connectivity index (χ1n) is 5.76. The molecule has 0 unspecified atom stereocenters. The standard InChI is InChI=1S/C11H13N5O4S/c1-16-6-13-10(15-16)5-14-21(19,20)9-3-2-7(11(17)18)4-8(9)12/h2-4,6,14H,5,12H2,1H3,(H,17,18). The van der Waals surface area contributed by atoms with Gasteiger partial charge in [0.25, 0.3) is 0 Å². The number of aryl methyl sites for hydroxylation is 1. The maximum Gasteiger partial charge on any atom is 0.335 e. The van der Waals surface area contributed by atoms with Crippen LogP contribution in [0.25, 0.3) is 0 Å². The lowest BCUT2D eigenvalue weighted by Crippen LogP contribution is -2.25. The molecule has 0 radical (unpaired) electrons. The highest BCUT2D eigenvalue weighted by atomic mass is 32.2. The van der Waals surface area contributed by atoms with E-state index < -0.39 is 16.0 Å². The van der Waals surface area contributed by atoms with Gasteiger partial charge >= 0.3 is 5.97 Å². The van der Waals surface area contributed by atoms with Crippen LogP contribution in [0.1, 0.15) is 16.2 Å². The first kappa shape index (κ1) is 14.9. The number of carboxylic acids is 1. The molecular formula is C11H13N5O4S. The third-order valence-corrected chi connectivity index (χ3v) is 4.09. The largest absolute Gasteiger partial charge is 0.478 e. The Labute approximate surface area is 120 Å². The number of aromatic nitrogens is 3. The summed E-state index contributed by atoms with van der Waals surface area (Å²) in [5.74, 6) is -0.877. The molecular weight excluding hydrogens is 298 g/mol. The average Bonchev–Trinajstić information content (AvgIpc) is 2.82. The van der Waals surface area contributed by atoms with E-state index in [1.165, 1.54) is 17.1 Å². The first-order valence-corrected chi connectivity index (χ1v) is 7.25. The van der Waals surface area contributed by atoms with Gasteiger partial charge < -0.3 is 10.8 Å². The molecule has 112 valence electrons. The fraction of sp³-hybridized carbons (Fsp3) is 0.182. The Morgan fingerprint density at radius 3 is 2.71 bits per heavy atom. The molecule has 0 atom stereocenters. The summed E-state index contributed by atoms with van der Waals surface area (Å²) in [6, 6.07) is 3.41. The van der Waals surface area contributed by atoms with Gasteiger partial charge in [-0.25, -0.2) is 22.9 Å². The Morgan fingerprint density at radius 2 is 2.19 bits per heavy atom. The Bertz CT molecular complexity index is 784. The van der Waals surface area contributed by atoms with Crippen molar-refractivity contribution in [1.29, 1.82) is 0 Å². The second-order valence-corrected chi connectivity index (χ2v) is 5.95. The number of hydrogen-bond acceptors (Lipinski definition) is 6. The molecule has 0 bridgehead atoms. The quantitative estimate of drug-likeness (QED) is 0.636. The SMILES string of the molecule is Cn1cnc(CNS(=O)(=O)c2ccc(C(=O)O)cc2N)n1. The van der Waals surface area contributed by atoms with Gasteiger partial charge in [0.2, 0.25) is 10.0 Å². The normalized spacial score (nSPS) is 11.5. The van der Waals surface area contributed by atoms with Crippen molar-refractivity contribution in [2.45, 2.75) is 11.4 Å². The van der Waals surface area contributed by atoms with Crippen molar-refractivity contribution in [3.63, 3.8) is 0 Å². The molecule has 0 saturated heterocycles. The minimum atomic E-state index is -3.88. The molecule has 10 heteroatoms. The Hall–Kier alpha value is -2.46. The van der Waals surface area contributed by atoms with Crippen LogP contribution in [0.3, 0.4) is 0 Å². The van der Waals surface area contributed by atoms with E-state index in [9.17, 15) is 13.2 Å². The van der Waals surface area contributed by atoms with Crippen LogP contribution in [0, 0.1) is 0 Å². The average molecular weight is 311 g/mol. The second kappa shape index (κ2) is 5.50. The molecule has 1 aromatic carbocycles. The summed E-state index contributed by atoms with van der Waals surface area (Å²) in [7, 11) is -2.22. The summed E-state index contributed by atoms with van der Waals surface area (Å²) in [5.41, 5.74) is 5.37. The van der Waals surface area contributed by atoms with Crippen LogP contribution in [0.2, 0.25) is 0 Å². The van der Waals surface area contributed by atoms with E-state index >= 15 is 0 Å². The number of carbonyl (C=O) groups is 1. The van der Waals surface area contributed by atoms with Crippen molar-refractivity contribution in [2.75, 3.05) is 5.73 Å². The smallest absolute Gasteiger partial charge is 0.335 e. The molecule has 1 aromatic heterocycles. The topological polar surface area (TPSA) is 140 Å². The molecule has 0 aliphatic carbocycles. The number of anilines is 1. The minimum Gasteiger partial charge on any atom is -0.478 e. The third kappa shape index (κ3) is 3.35. The van der Waals surface area contributed by atoms with E-state index in [0.717, 1.165) is 12.1 Å². The van der Waals surface area contributed by atoms with Crippen molar-refractivity contribution in [3.05, 3.63) is 35.9 Å². The molecule has 2 aromatic rings. The Kier molecular flexibility index (Phi) is 3.91. The summed E-state index contributed by atoms with van der Waals surface area (Å²) in [5, 5.41) is 12.8. The number of rotatable bonds is 5. The zero-order valence-electron chi connectivity index (χ0n) is 11.0. The first-order chi connectivity index (χ1) is 9.79. The molecule has 4 N–H and O–H groups in total.